The van der Waals surface area contributed by atoms with Gasteiger partial charge in [-0.2, -0.15) is 8.78 Å². The molecule has 116 valence electrons. The summed E-state index contributed by atoms with van der Waals surface area (Å²) in [6.07, 6.45) is -2.78. The monoisotopic (exact) mass is 331 g/mol. The van der Waals surface area contributed by atoms with Crippen LogP contribution in [0.25, 0.3) is 11.5 Å². The number of thioether (sulfide) groups is 1. The van der Waals surface area contributed by atoms with Crippen molar-refractivity contribution in [2.24, 2.45) is 0 Å². The van der Waals surface area contributed by atoms with Gasteiger partial charge in [-0.05, 0) is 12.1 Å². The van der Waals surface area contributed by atoms with Crippen molar-refractivity contribution < 1.29 is 22.5 Å². The Morgan fingerprint density at radius 2 is 1.91 bits per heavy atom. The van der Waals surface area contributed by atoms with Gasteiger partial charge in [0.15, 0.2) is 5.83 Å². The number of rotatable bonds is 6. The second kappa shape index (κ2) is 7.07. The largest absolute Gasteiger partial charge is 0.411 e. The highest BCUT2D eigenvalue weighted by molar-refractivity contribution is 7.99. The van der Waals surface area contributed by atoms with Crippen LogP contribution in [0.3, 0.4) is 0 Å². The smallest absolute Gasteiger partial charge is 0.301 e. The van der Waals surface area contributed by atoms with E-state index in [0.29, 0.717) is 5.56 Å². The summed E-state index contributed by atoms with van der Waals surface area (Å²) >= 11 is 0.934. The highest BCUT2D eigenvalue weighted by Gasteiger charge is 2.12. The summed E-state index contributed by atoms with van der Waals surface area (Å²) in [6, 6.07) is 5.47. The van der Waals surface area contributed by atoms with Crippen molar-refractivity contribution in [3.8, 4) is 11.5 Å². The fraction of sp³-hybridized carbons (Fsp3) is 0.167. The van der Waals surface area contributed by atoms with Gasteiger partial charge in [0.25, 0.3) is 10.9 Å². The first-order chi connectivity index (χ1) is 10.5. The molecular weight excluding hydrogens is 323 g/mol. The van der Waals surface area contributed by atoms with Crippen LogP contribution in [0.4, 0.5) is 18.9 Å². The molecule has 0 atom stereocenters. The third kappa shape index (κ3) is 4.07. The first-order valence-corrected chi connectivity index (χ1v) is 6.86. The van der Waals surface area contributed by atoms with Gasteiger partial charge >= 0.3 is 6.08 Å². The van der Waals surface area contributed by atoms with E-state index >= 15 is 0 Å². The zero-order valence-electron chi connectivity index (χ0n) is 10.8. The van der Waals surface area contributed by atoms with Crippen molar-refractivity contribution in [3.05, 3.63) is 46.3 Å². The van der Waals surface area contributed by atoms with Crippen molar-refractivity contribution in [2.45, 2.75) is 11.6 Å². The van der Waals surface area contributed by atoms with Gasteiger partial charge in [0, 0.05) is 29.9 Å². The lowest BCUT2D eigenvalue weighted by Crippen LogP contribution is -1.87. The van der Waals surface area contributed by atoms with Crippen LogP contribution in [0.1, 0.15) is 6.42 Å². The number of allylic oxidation sites excluding steroid dienone is 1. The number of benzene rings is 1. The van der Waals surface area contributed by atoms with Crippen LogP contribution in [0, 0.1) is 10.1 Å². The van der Waals surface area contributed by atoms with Gasteiger partial charge < -0.3 is 4.42 Å². The number of nitro groups is 1. The summed E-state index contributed by atoms with van der Waals surface area (Å²) in [5.41, 5.74) is 0.402. The summed E-state index contributed by atoms with van der Waals surface area (Å²) in [6.45, 7) is 0. The van der Waals surface area contributed by atoms with Crippen LogP contribution in [0.15, 0.2) is 45.8 Å². The van der Waals surface area contributed by atoms with Gasteiger partial charge in [-0.25, -0.2) is 4.39 Å². The first kappa shape index (κ1) is 16.0. The molecule has 1 aromatic heterocycles. The Labute approximate surface area is 126 Å². The zero-order valence-corrected chi connectivity index (χ0v) is 11.6. The second-order valence-corrected chi connectivity index (χ2v) is 4.99. The highest BCUT2D eigenvalue weighted by atomic mass is 32.2. The highest BCUT2D eigenvalue weighted by Crippen LogP contribution is 2.26. The molecule has 2 aromatic rings. The molecule has 0 aliphatic rings. The lowest BCUT2D eigenvalue weighted by atomic mass is 10.2. The Kier molecular flexibility index (Phi) is 5.15. The van der Waals surface area contributed by atoms with Crippen LogP contribution in [-0.2, 0) is 0 Å². The third-order valence-electron chi connectivity index (χ3n) is 2.48. The first-order valence-electron chi connectivity index (χ1n) is 5.88. The molecular formula is C12H8F3N3O3S. The van der Waals surface area contributed by atoms with Gasteiger partial charge in [-0.3, -0.25) is 10.1 Å². The molecule has 0 bridgehead atoms. The lowest BCUT2D eigenvalue weighted by Gasteiger charge is -1.95. The van der Waals surface area contributed by atoms with E-state index < -0.39 is 23.3 Å². The van der Waals surface area contributed by atoms with Crippen molar-refractivity contribution in [1.29, 1.82) is 0 Å². The normalized spacial score (nSPS) is 10.5. The minimum atomic E-state index is -2.34. The third-order valence-corrected chi connectivity index (χ3v) is 3.30. The predicted molar refractivity (Wildman–Crippen MR) is 72.1 cm³/mol. The molecule has 0 radical (unpaired) electrons. The SMILES string of the molecule is O=[N+]([O-])c1ccc(-c2nnc(SCCC(F)=C(F)F)o2)cc1. The fourth-order valence-corrected chi connectivity index (χ4v) is 2.13. The minimum absolute atomic E-state index is 0.0189. The summed E-state index contributed by atoms with van der Waals surface area (Å²) in [4.78, 5) is 10.0. The summed E-state index contributed by atoms with van der Waals surface area (Å²) in [5.74, 6) is -1.32. The predicted octanol–water partition coefficient (Wildman–Crippen LogP) is 4.20. The Morgan fingerprint density at radius 3 is 2.50 bits per heavy atom. The maximum absolute atomic E-state index is 12.6. The van der Waals surface area contributed by atoms with E-state index in [9.17, 15) is 23.3 Å². The molecule has 0 fully saturated rings. The maximum Gasteiger partial charge on any atom is 0.301 e. The van der Waals surface area contributed by atoms with Crippen LogP contribution < -0.4 is 0 Å². The molecule has 6 nitrogen and oxygen atoms in total. The molecule has 1 heterocycles. The van der Waals surface area contributed by atoms with E-state index in [1.54, 1.807) is 0 Å². The van der Waals surface area contributed by atoms with Crippen LogP contribution in [0.2, 0.25) is 0 Å². The average Bonchev–Trinajstić information content (AvgIpc) is 2.96. The molecule has 0 saturated heterocycles. The summed E-state index contributed by atoms with van der Waals surface area (Å²) < 4.78 is 41.6. The summed E-state index contributed by atoms with van der Waals surface area (Å²) in [7, 11) is 0. The summed E-state index contributed by atoms with van der Waals surface area (Å²) in [5, 5.41) is 18.0. The lowest BCUT2D eigenvalue weighted by molar-refractivity contribution is -0.384. The number of hydrogen-bond donors (Lipinski definition) is 0. The van der Waals surface area contributed by atoms with E-state index in [-0.39, 0.29) is 22.6 Å². The second-order valence-electron chi connectivity index (χ2n) is 3.94. The van der Waals surface area contributed by atoms with E-state index in [1.807, 2.05) is 0 Å². The van der Waals surface area contributed by atoms with Crippen molar-refractivity contribution in [3.63, 3.8) is 0 Å². The molecule has 0 N–H and O–H groups in total. The van der Waals surface area contributed by atoms with Gasteiger partial charge in [0.1, 0.15) is 0 Å². The standard InChI is InChI=1S/C12H8F3N3O3S/c13-9(10(14)15)5-6-22-12-17-16-11(21-12)7-1-3-8(4-2-7)18(19)20/h1-4H,5-6H2. The minimum Gasteiger partial charge on any atom is -0.411 e. The Bertz CT molecular complexity index is 699. The quantitative estimate of drug-likeness (QED) is 0.448. The number of halogens is 3. The molecule has 10 heteroatoms. The van der Waals surface area contributed by atoms with Gasteiger partial charge in [0.05, 0.1) is 4.92 Å². The van der Waals surface area contributed by atoms with E-state index in [2.05, 4.69) is 10.2 Å². The average molecular weight is 331 g/mol. The fourth-order valence-electron chi connectivity index (χ4n) is 1.43. The molecule has 22 heavy (non-hydrogen) atoms. The maximum atomic E-state index is 12.6. The number of nitro benzene ring substituents is 1. The zero-order chi connectivity index (χ0) is 16.1. The van der Waals surface area contributed by atoms with Crippen LogP contribution >= 0.6 is 11.8 Å². The van der Waals surface area contributed by atoms with Gasteiger partial charge in [-0.1, -0.05) is 11.8 Å². The number of non-ortho nitro benzene ring substituents is 1. The Balaban J connectivity index is 1.99. The van der Waals surface area contributed by atoms with Crippen molar-refractivity contribution >= 4 is 17.4 Å². The number of aromatic nitrogens is 2. The molecule has 2 rings (SSSR count). The molecule has 0 unspecified atom stereocenters. The van der Waals surface area contributed by atoms with Crippen molar-refractivity contribution in [1.82, 2.24) is 10.2 Å². The Hall–Kier alpha value is -2.36. The molecule has 0 saturated carbocycles. The number of nitrogens with zero attached hydrogens (tertiary/aromatic N) is 3. The molecule has 0 spiro atoms. The van der Waals surface area contributed by atoms with E-state index in [1.165, 1.54) is 24.3 Å². The Morgan fingerprint density at radius 1 is 1.23 bits per heavy atom. The molecule has 1 aromatic carbocycles. The molecule has 0 aliphatic carbocycles. The van der Waals surface area contributed by atoms with Crippen molar-refractivity contribution in [2.75, 3.05) is 5.75 Å². The number of hydrogen-bond acceptors (Lipinski definition) is 6. The molecule has 0 aliphatic heterocycles. The topological polar surface area (TPSA) is 82.1 Å². The molecule has 0 amide bonds. The van der Waals surface area contributed by atoms with Crippen LogP contribution in [0.5, 0.6) is 0 Å². The van der Waals surface area contributed by atoms with Gasteiger partial charge in [0.2, 0.25) is 5.89 Å². The van der Waals surface area contributed by atoms with E-state index in [4.69, 9.17) is 4.42 Å². The van der Waals surface area contributed by atoms with Crippen LogP contribution in [-0.4, -0.2) is 20.9 Å². The van der Waals surface area contributed by atoms with E-state index in [0.717, 1.165) is 11.8 Å². The van der Waals surface area contributed by atoms with Gasteiger partial charge in [-0.15, -0.1) is 10.2 Å².